The standard InChI is InChI=1S/C11H10FN3O2/c12-8-3-1-7(2-4-8)9-5-10(13)15(14-9)6-11(16)17/h1-5H,6,13H2,(H,16,17). The van der Waals surface area contributed by atoms with Gasteiger partial charge >= 0.3 is 5.97 Å². The van der Waals surface area contributed by atoms with Gasteiger partial charge in [-0.05, 0) is 24.3 Å². The number of hydrogen-bond acceptors (Lipinski definition) is 3. The predicted molar refractivity (Wildman–Crippen MR) is 59.7 cm³/mol. The first-order chi connectivity index (χ1) is 8.06. The first-order valence-corrected chi connectivity index (χ1v) is 4.87. The van der Waals surface area contributed by atoms with E-state index >= 15 is 0 Å². The molecule has 0 aliphatic heterocycles. The monoisotopic (exact) mass is 235 g/mol. The van der Waals surface area contributed by atoms with E-state index in [-0.39, 0.29) is 18.2 Å². The van der Waals surface area contributed by atoms with Gasteiger partial charge in [-0.3, -0.25) is 4.79 Å². The van der Waals surface area contributed by atoms with E-state index in [4.69, 9.17) is 10.8 Å². The minimum Gasteiger partial charge on any atom is -0.480 e. The van der Waals surface area contributed by atoms with E-state index in [9.17, 15) is 9.18 Å². The summed E-state index contributed by atoms with van der Waals surface area (Å²) in [6.45, 7) is -0.299. The maximum atomic E-state index is 12.7. The quantitative estimate of drug-likeness (QED) is 0.841. The Balaban J connectivity index is 2.34. The Labute approximate surface area is 96.3 Å². The zero-order valence-electron chi connectivity index (χ0n) is 8.80. The zero-order valence-corrected chi connectivity index (χ0v) is 8.80. The molecule has 0 aliphatic carbocycles. The summed E-state index contributed by atoms with van der Waals surface area (Å²) in [5.74, 6) is -1.11. The van der Waals surface area contributed by atoms with Gasteiger partial charge in [-0.15, -0.1) is 0 Å². The number of halogens is 1. The van der Waals surface area contributed by atoms with E-state index in [1.54, 1.807) is 18.2 Å². The van der Waals surface area contributed by atoms with Crippen molar-refractivity contribution in [1.82, 2.24) is 9.78 Å². The number of aliphatic carboxylic acids is 1. The van der Waals surface area contributed by atoms with Crippen LogP contribution in [0.4, 0.5) is 10.2 Å². The number of carboxylic acid groups (broad SMARTS) is 1. The highest BCUT2D eigenvalue weighted by atomic mass is 19.1. The molecule has 0 atom stereocenters. The average molecular weight is 235 g/mol. The number of rotatable bonds is 3. The van der Waals surface area contributed by atoms with Crippen LogP contribution in [0, 0.1) is 5.82 Å². The highest BCUT2D eigenvalue weighted by Crippen LogP contribution is 2.20. The lowest BCUT2D eigenvalue weighted by Gasteiger charge is -1.98. The Morgan fingerprint density at radius 1 is 1.41 bits per heavy atom. The largest absolute Gasteiger partial charge is 0.480 e. The summed E-state index contributed by atoms with van der Waals surface area (Å²) in [7, 11) is 0. The summed E-state index contributed by atoms with van der Waals surface area (Å²) in [4.78, 5) is 10.5. The lowest BCUT2D eigenvalue weighted by Crippen LogP contribution is -2.12. The second kappa shape index (κ2) is 4.25. The van der Waals surface area contributed by atoms with Crippen LogP contribution in [0.25, 0.3) is 11.3 Å². The van der Waals surface area contributed by atoms with Gasteiger partial charge in [0.1, 0.15) is 18.2 Å². The van der Waals surface area contributed by atoms with Gasteiger partial charge in [-0.25, -0.2) is 9.07 Å². The van der Waals surface area contributed by atoms with Gasteiger partial charge in [0.05, 0.1) is 5.69 Å². The molecular formula is C11H10FN3O2. The number of nitrogens with zero attached hydrogens (tertiary/aromatic N) is 2. The molecule has 0 amide bonds. The van der Waals surface area contributed by atoms with E-state index < -0.39 is 5.97 Å². The molecule has 0 radical (unpaired) electrons. The number of benzene rings is 1. The van der Waals surface area contributed by atoms with Crippen LogP contribution >= 0.6 is 0 Å². The van der Waals surface area contributed by atoms with Gasteiger partial charge in [-0.2, -0.15) is 5.10 Å². The summed E-state index contributed by atoms with van der Waals surface area (Å²) < 4.78 is 13.9. The number of nitrogen functional groups attached to an aromatic ring is 1. The van der Waals surface area contributed by atoms with Crippen molar-refractivity contribution in [1.29, 1.82) is 0 Å². The molecule has 3 N–H and O–H groups in total. The summed E-state index contributed by atoms with van der Waals surface area (Å²) in [5.41, 5.74) is 6.82. The fourth-order valence-corrected chi connectivity index (χ4v) is 1.45. The van der Waals surface area contributed by atoms with Gasteiger partial charge in [-0.1, -0.05) is 0 Å². The van der Waals surface area contributed by atoms with Crippen molar-refractivity contribution in [3.63, 3.8) is 0 Å². The number of nitrogens with two attached hydrogens (primary N) is 1. The molecule has 1 heterocycles. The van der Waals surface area contributed by atoms with Gasteiger partial charge in [0.25, 0.3) is 0 Å². The van der Waals surface area contributed by atoms with E-state index in [2.05, 4.69) is 5.10 Å². The second-order valence-electron chi connectivity index (χ2n) is 3.51. The first kappa shape index (κ1) is 11.1. The molecule has 0 bridgehead atoms. The smallest absolute Gasteiger partial charge is 0.325 e. The van der Waals surface area contributed by atoms with E-state index in [1.807, 2.05) is 0 Å². The van der Waals surface area contributed by atoms with Crippen LogP contribution in [-0.4, -0.2) is 20.9 Å². The SMILES string of the molecule is Nc1cc(-c2ccc(F)cc2)nn1CC(=O)O. The molecule has 2 aromatic rings. The first-order valence-electron chi connectivity index (χ1n) is 4.87. The van der Waals surface area contributed by atoms with Crippen LogP contribution in [0.15, 0.2) is 30.3 Å². The normalized spacial score (nSPS) is 10.4. The molecule has 0 spiro atoms. The van der Waals surface area contributed by atoms with Crippen LogP contribution in [0.1, 0.15) is 0 Å². The third-order valence-corrected chi connectivity index (χ3v) is 2.24. The van der Waals surface area contributed by atoms with Crippen molar-refractivity contribution in [3.05, 3.63) is 36.1 Å². The number of carboxylic acids is 1. The van der Waals surface area contributed by atoms with Crippen molar-refractivity contribution >= 4 is 11.8 Å². The topological polar surface area (TPSA) is 81.1 Å². The summed E-state index contributed by atoms with van der Waals surface area (Å²) in [6.07, 6.45) is 0. The molecular weight excluding hydrogens is 225 g/mol. The van der Waals surface area contributed by atoms with Crippen LogP contribution in [0.5, 0.6) is 0 Å². The minimum absolute atomic E-state index is 0.256. The predicted octanol–water partition coefficient (Wildman–Crippen LogP) is 1.36. The van der Waals surface area contributed by atoms with Crippen molar-refractivity contribution in [2.75, 3.05) is 5.73 Å². The van der Waals surface area contributed by atoms with Gasteiger partial charge in [0.15, 0.2) is 0 Å². The molecule has 5 nitrogen and oxygen atoms in total. The summed E-state index contributed by atoms with van der Waals surface area (Å²) in [6, 6.07) is 7.28. The molecule has 0 aliphatic rings. The molecule has 1 aromatic carbocycles. The van der Waals surface area contributed by atoms with Crippen molar-refractivity contribution in [2.24, 2.45) is 0 Å². The number of anilines is 1. The zero-order chi connectivity index (χ0) is 12.4. The Morgan fingerprint density at radius 2 is 2.06 bits per heavy atom. The van der Waals surface area contributed by atoms with Crippen LogP contribution < -0.4 is 5.73 Å². The highest BCUT2D eigenvalue weighted by molar-refractivity contribution is 5.68. The summed E-state index contributed by atoms with van der Waals surface area (Å²) in [5, 5.41) is 12.7. The van der Waals surface area contributed by atoms with Crippen molar-refractivity contribution < 1.29 is 14.3 Å². The van der Waals surface area contributed by atoms with Crippen LogP contribution in [0.2, 0.25) is 0 Å². The molecule has 2 rings (SSSR count). The van der Waals surface area contributed by atoms with Gasteiger partial charge < -0.3 is 10.8 Å². The molecule has 0 saturated carbocycles. The molecule has 1 aromatic heterocycles. The third kappa shape index (κ3) is 2.41. The fraction of sp³-hybridized carbons (Fsp3) is 0.0909. The Morgan fingerprint density at radius 3 is 2.65 bits per heavy atom. The maximum absolute atomic E-state index is 12.7. The molecule has 17 heavy (non-hydrogen) atoms. The minimum atomic E-state index is -1.02. The molecule has 6 heteroatoms. The van der Waals surface area contributed by atoms with Crippen molar-refractivity contribution in [3.8, 4) is 11.3 Å². The molecule has 0 fully saturated rings. The Bertz CT molecular complexity index is 548. The van der Waals surface area contributed by atoms with E-state index in [0.29, 0.717) is 11.3 Å². The molecule has 88 valence electrons. The second-order valence-corrected chi connectivity index (χ2v) is 3.51. The van der Waals surface area contributed by atoms with Gasteiger partial charge in [0.2, 0.25) is 0 Å². The Kier molecular flexibility index (Phi) is 2.78. The highest BCUT2D eigenvalue weighted by Gasteiger charge is 2.09. The van der Waals surface area contributed by atoms with E-state index in [1.165, 1.54) is 16.8 Å². The van der Waals surface area contributed by atoms with Crippen LogP contribution in [-0.2, 0) is 11.3 Å². The van der Waals surface area contributed by atoms with E-state index in [0.717, 1.165) is 0 Å². The lowest BCUT2D eigenvalue weighted by molar-refractivity contribution is -0.137. The maximum Gasteiger partial charge on any atom is 0.325 e. The summed E-state index contributed by atoms with van der Waals surface area (Å²) >= 11 is 0. The van der Waals surface area contributed by atoms with Crippen LogP contribution in [0.3, 0.4) is 0 Å². The lowest BCUT2D eigenvalue weighted by atomic mass is 10.1. The Hall–Kier alpha value is -2.37. The van der Waals surface area contributed by atoms with Crippen molar-refractivity contribution in [2.45, 2.75) is 6.54 Å². The number of aromatic nitrogens is 2. The molecule has 0 saturated heterocycles. The third-order valence-electron chi connectivity index (χ3n) is 2.24. The molecule has 0 unspecified atom stereocenters. The van der Waals surface area contributed by atoms with Gasteiger partial charge in [0, 0.05) is 11.6 Å². The number of hydrogen-bond donors (Lipinski definition) is 2. The number of carbonyl (C=O) groups is 1. The average Bonchev–Trinajstić information content (AvgIpc) is 2.60. The fourth-order valence-electron chi connectivity index (χ4n) is 1.45.